The van der Waals surface area contributed by atoms with E-state index in [4.69, 9.17) is 11.6 Å². The van der Waals surface area contributed by atoms with Gasteiger partial charge < -0.3 is 5.11 Å². The standard InChI is InChI=1S/C13H14ClN5O4S/c1-13(12(20)21)4-5-19(7-13)24(22,23)8-2-3-10(14)9(6-8)11-15-17-18-16-11/h2-3,6H,4-5,7H2,1H3,(H,20,21)(H,15,16,17,18). The molecule has 1 aromatic heterocycles. The maximum absolute atomic E-state index is 12.8. The molecular formula is C13H14ClN5O4S. The van der Waals surface area contributed by atoms with Gasteiger partial charge in [0.2, 0.25) is 15.8 Å². The predicted octanol–water partition coefficient (Wildman–Crippen LogP) is 1.01. The number of carbonyl (C=O) groups is 1. The monoisotopic (exact) mass is 371 g/mol. The lowest BCUT2D eigenvalue weighted by molar-refractivity contribution is -0.146. The number of nitrogens with zero attached hydrogens (tertiary/aromatic N) is 4. The van der Waals surface area contributed by atoms with E-state index >= 15 is 0 Å². The molecule has 2 N–H and O–H groups in total. The fraction of sp³-hybridized carbons (Fsp3) is 0.385. The van der Waals surface area contributed by atoms with Gasteiger partial charge in [-0.15, -0.1) is 10.2 Å². The van der Waals surface area contributed by atoms with Crippen LogP contribution in [0.4, 0.5) is 0 Å². The van der Waals surface area contributed by atoms with Gasteiger partial charge in [0, 0.05) is 18.7 Å². The number of H-pyrrole nitrogens is 1. The van der Waals surface area contributed by atoms with Crippen LogP contribution in [-0.2, 0) is 14.8 Å². The number of halogens is 1. The van der Waals surface area contributed by atoms with Gasteiger partial charge in [0.25, 0.3) is 0 Å². The molecular weight excluding hydrogens is 358 g/mol. The SMILES string of the molecule is CC1(C(=O)O)CCN(S(=O)(=O)c2ccc(Cl)c(-c3nn[nH]n3)c2)C1. The van der Waals surface area contributed by atoms with Crippen molar-refractivity contribution in [3.8, 4) is 11.4 Å². The fourth-order valence-electron chi connectivity index (χ4n) is 2.56. The summed E-state index contributed by atoms with van der Waals surface area (Å²) >= 11 is 6.08. The second kappa shape index (κ2) is 5.80. The Kier molecular flexibility index (Phi) is 4.06. The molecule has 0 radical (unpaired) electrons. The molecule has 0 bridgehead atoms. The van der Waals surface area contributed by atoms with Gasteiger partial charge >= 0.3 is 5.97 Å². The highest BCUT2D eigenvalue weighted by molar-refractivity contribution is 7.89. The quantitative estimate of drug-likeness (QED) is 0.820. The van der Waals surface area contributed by atoms with Gasteiger partial charge in [-0.3, -0.25) is 4.79 Å². The molecule has 0 aliphatic carbocycles. The summed E-state index contributed by atoms with van der Waals surface area (Å²) in [5, 5.41) is 22.8. The molecule has 128 valence electrons. The van der Waals surface area contributed by atoms with Crippen LogP contribution in [0, 0.1) is 5.41 Å². The molecule has 11 heteroatoms. The lowest BCUT2D eigenvalue weighted by Crippen LogP contribution is -2.34. The van der Waals surface area contributed by atoms with Gasteiger partial charge in [-0.2, -0.15) is 9.52 Å². The summed E-state index contributed by atoms with van der Waals surface area (Å²) in [6.45, 7) is 1.60. The maximum atomic E-state index is 12.8. The first-order valence-electron chi connectivity index (χ1n) is 7.01. The van der Waals surface area contributed by atoms with Crippen molar-refractivity contribution >= 4 is 27.6 Å². The van der Waals surface area contributed by atoms with Crippen LogP contribution >= 0.6 is 11.6 Å². The Hall–Kier alpha value is -2.04. The molecule has 24 heavy (non-hydrogen) atoms. The average Bonchev–Trinajstić information content (AvgIpc) is 3.18. The molecule has 1 aliphatic rings. The summed E-state index contributed by atoms with van der Waals surface area (Å²) in [4.78, 5) is 11.3. The topological polar surface area (TPSA) is 129 Å². The number of rotatable bonds is 4. The molecule has 1 unspecified atom stereocenters. The van der Waals surface area contributed by atoms with Gasteiger partial charge in [0.05, 0.1) is 15.3 Å². The van der Waals surface area contributed by atoms with E-state index in [9.17, 15) is 18.3 Å². The van der Waals surface area contributed by atoms with Crippen LogP contribution in [0.2, 0.25) is 5.02 Å². The Morgan fingerprint density at radius 3 is 2.79 bits per heavy atom. The number of sulfonamides is 1. The molecule has 1 atom stereocenters. The number of aliphatic carboxylic acids is 1. The molecule has 2 aromatic rings. The molecule has 1 saturated heterocycles. The molecule has 1 aliphatic heterocycles. The van der Waals surface area contributed by atoms with Crippen molar-refractivity contribution in [2.75, 3.05) is 13.1 Å². The van der Waals surface area contributed by atoms with Crippen LogP contribution in [0.15, 0.2) is 23.1 Å². The second-order valence-electron chi connectivity index (χ2n) is 5.83. The van der Waals surface area contributed by atoms with E-state index in [2.05, 4.69) is 20.6 Å². The minimum Gasteiger partial charge on any atom is -0.481 e. The molecule has 1 fully saturated rings. The summed E-state index contributed by atoms with van der Waals surface area (Å²) < 4.78 is 26.8. The first kappa shape index (κ1) is 16.8. The van der Waals surface area contributed by atoms with E-state index in [-0.39, 0.29) is 35.3 Å². The van der Waals surface area contributed by atoms with Crippen LogP contribution in [0.3, 0.4) is 0 Å². The number of carboxylic acid groups (broad SMARTS) is 1. The minimum absolute atomic E-state index is 0.00124. The number of benzene rings is 1. The number of carboxylic acids is 1. The number of hydrogen-bond donors (Lipinski definition) is 2. The minimum atomic E-state index is -3.85. The second-order valence-corrected chi connectivity index (χ2v) is 8.18. The van der Waals surface area contributed by atoms with E-state index in [0.717, 1.165) is 0 Å². The average molecular weight is 372 g/mol. The Morgan fingerprint density at radius 2 is 2.21 bits per heavy atom. The van der Waals surface area contributed by atoms with Crippen molar-refractivity contribution in [1.29, 1.82) is 0 Å². The van der Waals surface area contributed by atoms with Gasteiger partial charge in [0.15, 0.2) is 0 Å². The Bertz CT molecular complexity index is 886. The number of aromatic amines is 1. The summed E-state index contributed by atoms with van der Waals surface area (Å²) in [6, 6.07) is 4.17. The van der Waals surface area contributed by atoms with Gasteiger partial charge in [0.1, 0.15) is 0 Å². The highest BCUT2D eigenvalue weighted by Crippen LogP contribution is 2.35. The lowest BCUT2D eigenvalue weighted by Gasteiger charge is -2.20. The third-order valence-electron chi connectivity index (χ3n) is 4.12. The number of hydrogen-bond acceptors (Lipinski definition) is 6. The van der Waals surface area contributed by atoms with E-state index in [1.165, 1.54) is 29.4 Å². The van der Waals surface area contributed by atoms with E-state index in [1.54, 1.807) is 0 Å². The van der Waals surface area contributed by atoms with E-state index in [0.29, 0.717) is 5.56 Å². The predicted molar refractivity (Wildman–Crippen MR) is 83.7 cm³/mol. The van der Waals surface area contributed by atoms with Crippen molar-refractivity contribution in [2.24, 2.45) is 5.41 Å². The van der Waals surface area contributed by atoms with Crippen molar-refractivity contribution < 1.29 is 18.3 Å². The summed E-state index contributed by atoms with van der Waals surface area (Å²) in [7, 11) is -3.85. The molecule has 1 aromatic carbocycles. The molecule has 0 spiro atoms. The zero-order valence-electron chi connectivity index (χ0n) is 12.6. The molecule has 0 saturated carbocycles. The largest absolute Gasteiger partial charge is 0.481 e. The van der Waals surface area contributed by atoms with Crippen LogP contribution in [0.25, 0.3) is 11.4 Å². The zero-order chi connectivity index (χ0) is 17.5. The lowest BCUT2D eigenvalue weighted by atomic mass is 9.90. The summed E-state index contributed by atoms with van der Waals surface area (Å²) in [6.07, 6.45) is 0.257. The van der Waals surface area contributed by atoms with Crippen molar-refractivity contribution in [3.63, 3.8) is 0 Å². The molecule has 0 amide bonds. The number of aromatic nitrogens is 4. The normalized spacial score (nSPS) is 21.9. The number of tetrazole rings is 1. The Labute approximate surface area is 142 Å². The Morgan fingerprint density at radius 1 is 1.46 bits per heavy atom. The number of nitrogens with one attached hydrogen (secondary N) is 1. The van der Waals surface area contributed by atoms with Gasteiger partial charge in [-0.1, -0.05) is 11.6 Å². The highest BCUT2D eigenvalue weighted by Gasteiger charge is 2.45. The smallest absolute Gasteiger partial charge is 0.310 e. The van der Waals surface area contributed by atoms with Gasteiger partial charge in [-0.05, 0) is 36.8 Å². The summed E-state index contributed by atoms with van der Waals surface area (Å²) in [5.74, 6) is -0.836. The van der Waals surface area contributed by atoms with Crippen molar-refractivity contribution in [2.45, 2.75) is 18.2 Å². The highest BCUT2D eigenvalue weighted by atomic mass is 35.5. The first-order valence-corrected chi connectivity index (χ1v) is 8.83. The van der Waals surface area contributed by atoms with Crippen LogP contribution < -0.4 is 0 Å². The van der Waals surface area contributed by atoms with Crippen LogP contribution in [0.5, 0.6) is 0 Å². The van der Waals surface area contributed by atoms with Crippen LogP contribution in [-0.4, -0.2) is 57.5 Å². The summed E-state index contributed by atoms with van der Waals surface area (Å²) in [5.41, 5.74) is -0.762. The van der Waals surface area contributed by atoms with Crippen LogP contribution in [0.1, 0.15) is 13.3 Å². The zero-order valence-corrected chi connectivity index (χ0v) is 14.2. The third kappa shape index (κ3) is 2.76. The fourth-order valence-corrected chi connectivity index (χ4v) is 4.35. The maximum Gasteiger partial charge on any atom is 0.310 e. The first-order chi connectivity index (χ1) is 11.2. The van der Waals surface area contributed by atoms with E-state index < -0.39 is 21.4 Å². The molecule has 3 rings (SSSR count). The third-order valence-corrected chi connectivity index (χ3v) is 6.29. The Balaban J connectivity index is 1.97. The molecule has 2 heterocycles. The van der Waals surface area contributed by atoms with Gasteiger partial charge in [-0.25, -0.2) is 8.42 Å². The van der Waals surface area contributed by atoms with E-state index in [1.807, 2.05) is 0 Å². The van der Waals surface area contributed by atoms with Crippen molar-refractivity contribution in [1.82, 2.24) is 24.9 Å². The molecule has 9 nitrogen and oxygen atoms in total. The van der Waals surface area contributed by atoms with Crippen molar-refractivity contribution in [3.05, 3.63) is 23.2 Å².